The van der Waals surface area contributed by atoms with E-state index < -0.39 is 0 Å². The van der Waals surface area contributed by atoms with Crippen molar-refractivity contribution in [3.8, 4) is 0 Å². The van der Waals surface area contributed by atoms with Gasteiger partial charge in [-0.1, -0.05) is 11.6 Å². The van der Waals surface area contributed by atoms with Crippen molar-refractivity contribution in [2.24, 2.45) is 0 Å². The van der Waals surface area contributed by atoms with E-state index in [1.54, 1.807) is 12.5 Å². The van der Waals surface area contributed by atoms with Gasteiger partial charge in [0.1, 0.15) is 0 Å². The van der Waals surface area contributed by atoms with Crippen molar-refractivity contribution in [1.29, 1.82) is 0 Å². The standard InChI is InChI=1S/C14H15NO3/c1-10-3-4-13(12(7-10)14(16)17-2)15-8-11-5-6-18-9-11/h3-7,9,15H,8H2,1-2H3. The predicted molar refractivity (Wildman–Crippen MR) is 68.6 cm³/mol. The summed E-state index contributed by atoms with van der Waals surface area (Å²) in [5.74, 6) is -0.339. The number of carbonyl (C=O) groups is 1. The zero-order chi connectivity index (χ0) is 13.0. The van der Waals surface area contributed by atoms with Crippen LogP contribution in [0.2, 0.25) is 0 Å². The van der Waals surface area contributed by atoms with Gasteiger partial charge in [-0.25, -0.2) is 4.79 Å². The number of hydrogen-bond donors (Lipinski definition) is 1. The number of ether oxygens (including phenoxy) is 1. The van der Waals surface area contributed by atoms with Crippen LogP contribution in [0.4, 0.5) is 5.69 Å². The molecule has 0 aliphatic rings. The predicted octanol–water partition coefficient (Wildman–Crippen LogP) is 2.99. The fraction of sp³-hybridized carbons (Fsp3) is 0.214. The Morgan fingerprint density at radius 3 is 2.89 bits per heavy atom. The molecule has 0 atom stereocenters. The van der Waals surface area contributed by atoms with E-state index in [-0.39, 0.29) is 5.97 Å². The summed E-state index contributed by atoms with van der Waals surface area (Å²) in [6.45, 7) is 2.54. The Kier molecular flexibility index (Phi) is 3.67. The molecule has 1 aromatic heterocycles. The zero-order valence-electron chi connectivity index (χ0n) is 10.4. The molecule has 0 fully saturated rings. The number of rotatable bonds is 4. The Morgan fingerprint density at radius 1 is 1.39 bits per heavy atom. The Morgan fingerprint density at radius 2 is 2.22 bits per heavy atom. The Labute approximate surface area is 106 Å². The maximum absolute atomic E-state index is 11.7. The third kappa shape index (κ3) is 2.71. The Balaban J connectivity index is 2.18. The summed E-state index contributed by atoms with van der Waals surface area (Å²) >= 11 is 0. The van der Waals surface area contributed by atoms with Gasteiger partial charge in [-0.3, -0.25) is 0 Å². The van der Waals surface area contributed by atoms with Gasteiger partial charge in [0.25, 0.3) is 0 Å². The van der Waals surface area contributed by atoms with E-state index in [0.717, 1.165) is 16.8 Å². The summed E-state index contributed by atoms with van der Waals surface area (Å²) in [6.07, 6.45) is 3.28. The quantitative estimate of drug-likeness (QED) is 0.841. The summed E-state index contributed by atoms with van der Waals surface area (Å²) in [7, 11) is 1.38. The number of anilines is 1. The average molecular weight is 245 g/mol. The van der Waals surface area contributed by atoms with E-state index in [1.807, 2.05) is 31.2 Å². The summed E-state index contributed by atoms with van der Waals surface area (Å²) in [5, 5.41) is 3.20. The lowest BCUT2D eigenvalue weighted by Crippen LogP contribution is -2.08. The largest absolute Gasteiger partial charge is 0.472 e. The highest BCUT2D eigenvalue weighted by molar-refractivity contribution is 5.95. The van der Waals surface area contributed by atoms with Gasteiger partial charge in [-0.15, -0.1) is 0 Å². The van der Waals surface area contributed by atoms with Crippen LogP contribution in [0.5, 0.6) is 0 Å². The van der Waals surface area contributed by atoms with Gasteiger partial charge in [0.15, 0.2) is 0 Å². The van der Waals surface area contributed by atoms with Gasteiger partial charge in [-0.05, 0) is 25.1 Å². The van der Waals surface area contributed by atoms with E-state index in [0.29, 0.717) is 12.1 Å². The van der Waals surface area contributed by atoms with Crippen LogP contribution in [0.3, 0.4) is 0 Å². The number of methoxy groups -OCH3 is 1. The monoisotopic (exact) mass is 245 g/mol. The third-order valence-corrected chi connectivity index (χ3v) is 2.64. The molecule has 0 saturated carbocycles. The Hall–Kier alpha value is -2.23. The highest BCUT2D eigenvalue weighted by atomic mass is 16.5. The van der Waals surface area contributed by atoms with Crippen LogP contribution in [0, 0.1) is 6.92 Å². The highest BCUT2D eigenvalue weighted by Gasteiger charge is 2.11. The van der Waals surface area contributed by atoms with Crippen LogP contribution in [0.15, 0.2) is 41.2 Å². The number of carbonyl (C=O) groups excluding carboxylic acids is 1. The Bertz CT molecular complexity index is 532. The number of furan rings is 1. The molecule has 4 nitrogen and oxygen atoms in total. The second kappa shape index (κ2) is 5.40. The molecule has 0 spiro atoms. The topological polar surface area (TPSA) is 51.5 Å². The molecule has 0 bridgehead atoms. The summed E-state index contributed by atoms with van der Waals surface area (Å²) < 4.78 is 9.76. The summed E-state index contributed by atoms with van der Waals surface area (Å²) in [5.41, 5.74) is 3.34. The molecule has 94 valence electrons. The molecule has 1 N–H and O–H groups in total. The van der Waals surface area contributed by atoms with Crippen molar-refractivity contribution in [3.05, 3.63) is 53.5 Å². The second-order valence-electron chi connectivity index (χ2n) is 4.03. The molecule has 0 radical (unpaired) electrons. The normalized spacial score (nSPS) is 10.1. The number of nitrogens with one attached hydrogen (secondary N) is 1. The molecule has 2 aromatic rings. The maximum atomic E-state index is 11.7. The van der Waals surface area contributed by atoms with Gasteiger partial charge in [0, 0.05) is 17.8 Å². The van der Waals surface area contributed by atoms with E-state index in [2.05, 4.69) is 5.32 Å². The average Bonchev–Trinajstić information content (AvgIpc) is 2.89. The molecule has 2 rings (SSSR count). The van der Waals surface area contributed by atoms with Crippen LogP contribution in [-0.2, 0) is 11.3 Å². The van der Waals surface area contributed by atoms with E-state index in [4.69, 9.17) is 9.15 Å². The third-order valence-electron chi connectivity index (χ3n) is 2.64. The fourth-order valence-electron chi connectivity index (χ4n) is 1.68. The van der Waals surface area contributed by atoms with Gasteiger partial charge >= 0.3 is 5.97 Å². The van der Waals surface area contributed by atoms with Gasteiger partial charge in [0.2, 0.25) is 0 Å². The van der Waals surface area contributed by atoms with Crippen LogP contribution in [0.25, 0.3) is 0 Å². The number of hydrogen-bond acceptors (Lipinski definition) is 4. The van der Waals surface area contributed by atoms with Crippen molar-refractivity contribution in [1.82, 2.24) is 0 Å². The van der Waals surface area contributed by atoms with Crippen LogP contribution >= 0.6 is 0 Å². The van der Waals surface area contributed by atoms with Gasteiger partial charge < -0.3 is 14.5 Å². The summed E-state index contributed by atoms with van der Waals surface area (Å²) in [4.78, 5) is 11.7. The smallest absolute Gasteiger partial charge is 0.339 e. The lowest BCUT2D eigenvalue weighted by atomic mass is 10.1. The first-order chi connectivity index (χ1) is 8.70. The minimum absolute atomic E-state index is 0.339. The summed E-state index contributed by atoms with van der Waals surface area (Å²) in [6, 6.07) is 7.51. The minimum atomic E-state index is -0.339. The SMILES string of the molecule is COC(=O)c1cc(C)ccc1NCc1ccoc1. The van der Waals surface area contributed by atoms with Crippen LogP contribution < -0.4 is 5.32 Å². The lowest BCUT2D eigenvalue weighted by Gasteiger charge is -2.10. The molecule has 1 heterocycles. The van der Waals surface area contributed by atoms with Crippen molar-refractivity contribution in [3.63, 3.8) is 0 Å². The number of esters is 1. The van der Waals surface area contributed by atoms with E-state index >= 15 is 0 Å². The zero-order valence-corrected chi connectivity index (χ0v) is 10.4. The first kappa shape index (κ1) is 12.2. The van der Waals surface area contributed by atoms with Crippen molar-refractivity contribution in [2.75, 3.05) is 12.4 Å². The maximum Gasteiger partial charge on any atom is 0.339 e. The molecule has 1 aromatic carbocycles. The lowest BCUT2D eigenvalue weighted by molar-refractivity contribution is 0.0601. The van der Waals surface area contributed by atoms with Crippen LogP contribution in [-0.4, -0.2) is 13.1 Å². The molecular weight excluding hydrogens is 230 g/mol. The number of benzene rings is 1. The minimum Gasteiger partial charge on any atom is -0.472 e. The molecule has 0 saturated heterocycles. The molecule has 0 aliphatic heterocycles. The van der Waals surface area contributed by atoms with Crippen molar-refractivity contribution < 1.29 is 13.9 Å². The van der Waals surface area contributed by atoms with Crippen LogP contribution in [0.1, 0.15) is 21.5 Å². The molecule has 4 heteroatoms. The molecule has 0 unspecified atom stereocenters. The molecule has 18 heavy (non-hydrogen) atoms. The fourth-order valence-corrected chi connectivity index (χ4v) is 1.68. The van der Waals surface area contributed by atoms with E-state index in [9.17, 15) is 4.79 Å². The van der Waals surface area contributed by atoms with E-state index in [1.165, 1.54) is 7.11 Å². The van der Waals surface area contributed by atoms with Gasteiger partial charge in [0.05, 0.1) is 25.2 Å². The van der Waals surface area contributed by atoms with Crippen molar-refractivity contribution >= 4 is 11.7 Å². The first-order valence-corrected chi connectivity index (χ1v) is 5.64. The highest BCUT2D eigenvalue weighted by Crippen LogP contribution is 2.19. The van der Waals surface area contributed by atoms with Crippen molar-refractivity contribution in [2.45, 2.75) is 13.5 Å². The first-order valence-electron chi connectivity index (χ1n) is 5.64. The van der Waals surface area contributed by atoms with Gasteiger partial charge in [-0.2, -0.15) is 0 Å². The molecule has 0 aliphatic carbocycles. The number of aryl methyl sites for hydroxylation is 1. The second-order valence-corrected chi connectivity index (χ2v) is 4.03. The molecular formula is C14H15NO3. The molecule has 0 amide bonds.